The first-order chi connectivity index (χ1) is 20.8. The van der Waals surface area contributed by atoms with Crippen molar-refractivity contribution in [1.29, 1.82) is 0 Å². The van der Waals surface area contributed by atoms with Gasteiger partial charge in [-0.3, -0.25) is 9.59 Å². The van der Waals surface area contributed by atoms with Crippen LogP contribution < -0.4 is 24.3 Å². The number of carbonyl (C=O) groups excluding carboxylic acids is 3. The number of ether oxygens (including phenoxy) is 5. The molecule has 0 radical (unpaired) electrons. The lowest BCUT2D eigenvalue weighted by Crippen LogP contribution is -2.27. The molecule has 3 aromatic rings. The summed E-state index contributed by atoms with van der Waals surface area (Å²) in [6.45, 7) is 1.87. The van der Waals surface area contributed by atoms with Crippen molar-refractivity contribution >= 4 is 29.5 Å². The maximum Gasteiger partial charge on any atom is 0.340 e. The molecule has 10 nitrogen and oxygen atoms in total. The highest BCUT2D eigenvalue weighted by atomic mass is 16.5. The van der Waals surface area contributed by atoms with E-state index in [4.69, 9.17) is 23.7 Å². The minimum Gasteiger partial charge on any atom is -0.495 e. The lowest BCUT2D eigenvalue weighted by atomic mass is 10.0. The molecule has 43 heavy (non-hydrogen) atoms. The van der Waals surface area contributed by atoms with Crippen LogP contribution in [0.1, 0.15) is 18.1 Å². The zero-order valence-corrected chi connectivity index (χ0v) is 24.8. The minimum absolute atomic E-state index is 0.208. The second-order valence-corrected chi connectivity index (χ2v) is 9.51. The van der Waals surface area contributed by atoms with Crippen molar-refractivity contribution in [3.05, 3.63) is 94.7 Å². The molecule has 0 saturated heterocycles. The number of anilines is 1. The molecule has 224 valence electrons. The highest BCUT2D eigenvalue weighted by molar-refractivity contribution is 6.16. The van der Waals surface area contributed by atoms with Crippen molar-refractivity contribution in [1.82, 2.24) is 4.90 Å². The molecular formula is C33H34N2O8. The van der Waals surface area contributed by atoms with Gasteiger partial charge in [-0.15, -0.1) is 0 Å². The Morgan fingerprint density at radius 2 is 1.56 bits per heavy atom. The van der Waals surface area contributed by atoms with E-state index in [1.807, 2.05) is 24.3 Å². The van der Waals surface area contributed by atoms with E-state index in [0.717, 1.165) is 5.56 Å². The van der Waals surface area contributed by atoms with E-state index in [-0.39, 0.29) is 29.6 Å². The first kappa shape index (κ1) is 30.7. The summed E-state index contributed by atoms with van der Waals surface area (Å²) in [5.74, 6) is 0.990. The number of amides is 2. The fraction of sp³-hybridized carbons (Fsp3) is 0.242. The molecule has 1 aliphatic rings. The van der Waals surface area contributed by atoms with E-state index in [1.165, 1.54) is 14.2 Å². The molecule has 0 unspecified atom stereocenters. The summed E-state index contributed by atoms with van der Waals surface area (Å²) >= 11 is 0. The number of benzene rings is 3. The molecule has 0 fully saturated rings. The van der Waals surface area contributed by atoms with Crippen LogP contribution in [0.3, 0.4) is 0 Å². The number of nitrogens with zero attached hydrogens (tertiary/aromatic N) is 1. The van der Waals surface area contributed by atoms with Crippen molar-refractivity contribution < 1.29 is 38.1 Å². The predicted octanol–water partition coefficient (Wildman–Crippen LogP) is 4.65. The van der Waals surface area contributed by atoms with Gasteiger partial charge in [0, 0.05) is 12.2 Å². The molecule has 3 aromatic carbocycles. The Labute approximate surface area is 250 Å². The molecule has 2 amide bonds. The lowest BCUT2D eigenvalue weighted by molar-refractivity contribution is -0.136. The van der Waals surface area contributed by atoms with Crippen molar-refractivity contribution in [2.24, 2.45) is 0 Å². The van der Waals surface area contributed by atoms with Crippen LogP contribution in [0.4, 0.5) is 5.69 Å². The Hall–Kier alpha value is -5.25. The quantitative estimate of drug-likeness (QED) is 0.241. The SMILES string of the molecule is COC(=O)C1=C(C)N(CCc2ccc(OC)c(OC)c2)C(=O)/C1=C\c1ccc(OCC(=O)Nc2ccccc2OC)cc1. The number of para-hydroxylation sites is 2. The highest BCUT2D eigenvalue weighted by Gasteiger charge is 2.36. The maximum atomic E-state index is 13.5. The topological polar surface area (TPSA) is 113 Å². The summed E-state index contributed by atoms with van der Waals surface area (Å²) in [5.41, 5.74) is 3.14. The Bertz CT molecular complexity index is 1560. The third-order valence-electron chi connectivity index (χ3n) is 6.92. The summed E-state index contributed by atoms with van der Waals surface area (Å²) in [4.78, 5) is 40.2. The third-order valence-corrected chi connectivity index (χ3v) is 6.92. The van der Waals surface area contributed by atoms with Crippen LogP contribution in [0.5, 0.6) is 23.0 Å². The molecule has 0 aromatic heterocycles. The summed E-state index contributed by atoms with van der Waals surface area (Å²) in [6, 6.07) is 19.5. The van der Waals surface area contributed by atoms with Gasteiger partial charge in [-0.25, -0.2) is 4.79 Å². The van der Waals surface area contributed by atoms with Gasteiger partial charge in [0.1, 0.15) is 11.5 Å². The van der Waals surface area contributed by atoms with E-state index in [2.05, 4.69) is 5.32 Å². The van der Waals surface area contributed by atoms with Crippen LogP contribution in [0.25, 0.3) is 6.08 Å². The van der Waals surface area contributed by atoms with Crippen LogP contribution in [0.15, 0.2) is 83.6 Å². The van der Waals surface area contributed by atoms with Gasteiger partial charge in [0.2, 0.25) is 0 Å². The molecule has 1 N–H and O–H groups in total. The second kappa shape index (κ2) is 14.1. The standard InChI is InChI=1S/C33H34N2O8/c1-21-31(33(38)42-5)25(32(37)35(21)17-16-23-12-15-28(40-3)29(19-23)41-4)18-22-10-13-24(14-11-22)43-20-30(36)34-26-8-6-7-9-27(26)39-2/h6-15,18-19H,16-17,20H2,1-5H3,(H,34,36)/b25-18-. The Balaban J connectivity index is 1.45. The van der Waals surface area contributed by atoms with Crippen molar-refractivity contribution in [3.63, 3.8) is 0 Å². The molecule has 0 atom stereocenters. The van der Waals surface area contributed by atoms with Crippen LogP contribution in [0.2, 0.25) is 0 Å². The van der Waals surface area contributed by atoms with Gasteiger partial charge in [0.05, 0.1) is 45.3 Å². The minimum atomic E-state index is -0.591. The highest BCUT2D eigenvalue weighted by Crippen LogP contribution is 2.33. The van der Waals surface area contributed by atoms with Gasteiger partial charge in [-0.1, -0.05) is 30.3 Å². The number of methoxy groups -OCH3 is 4. The Morgan fingerprint density at radius 3 is 2.23 bits per heavy atom. The van der Waals surface area contributed by atoms with Gasteiger partial charge in [-0.2, -0.15) is 0 Å². The van der Waals surface area contributed by atoms with E-state index < -0.39 is 5.97 Å². The Morgan fingerprint density at radius 1 is 0.860 bits per heavy atom. The zero-order chi connectivity index (χ0) is 30.9. The first-order valence-electron chi connectivity index (χ1n) is 13.5. The van der Waals surface area contributed by atoms with Crippen molar-refractivity contribution in [2.75, 3.05) is 46.9 Å². The van der Waals surface area contributed by atoms with Crippen LogP contribution in [0, 0.1) is 0 Å². The summed E-state index contributed by atoms with van der Waals surface area (Å²) in [5, 5.41) is 2.76. The van der Waals surface area contributed by atoms with E-state index in [0.29, 0.717) is 52.9 Å². The van der Waals surface area contributed by atoms with Crippen LogP contribution >= 0.6 is 0 Å². The molecule has 0 saturated carbocycles. The number of esters is 1. The lowest BCUT2D eigenvalue weighted by Gasteiger charge is -2.18. The fourth-order valence-electron chi connectivity index (χ4n) is 4.68. The number of hydrogen-bond donors (Lipinski definition) is 1. The third kappa shape index (κ3) is 7.16. The summed E-state index contributed by atoms with van der Waals surface area (Å²) in [7, 11) is 5.95. The smallest absolute Gasteiger partial charge is 0.340 e. The normalized spacial score (nSPS) is 13.7. The van der Waals surface area contributed by atoms with Crippen LogP contribution in [-0.4, -0.2) is 64.3 Å². The average Bonchev–Trinajstić information content (AvgIpc) is 3.26. The molecule has 1 heterocycles. The zero-order valence-electron chi connectivity index (χ0n) is 24.8. The van der Waals surface area contributed by atoms with Gasteiger partial charge in [0.15, 0.2) is 18.1 Å². The number of nitrogens with one attached hydrogen (secondary N) is 1. The van der Waals surface area contributed by atoms with Crippen LogP contribution in [-0.2, 0) is 25.5 Å². The van der Waals surface area contributed by atoms with Gasteiger partial charge < -0.3 is 33.9 Å². The van der Waals surface area contributed by atoms with Crippen molar-refractivity contribution in [2.45, 2.75) is 13.3 Å². The Kier molecular flexibility index (Phi) is 10.1. The van der Waals surface area contributed by atoms with Gasteiger partial charge >= 0.3 is 5.97 Å². The molecule has 0 aliphatic carbocycles. The molecule has 10 heteroatoms. The average molecular weight is 587 g/mol. The number of carbonyl (C=O) groups is 3. The molecule has 1 aliphatic heterocycles. The van der Waals surface area contributed by atoms with E-state index >= 15 is 0 Å². The second-order valence-electron chi connectivity index (χ2n) is 9.51. The molecule has 4 rings (SSSR count). The van der Waals surface area contributed by atoms with E-state index in [9.17, 15) is 14.4 Å². The maximum absolute atomic E-state index is 13.5. The first-order valence-corrected chi connectivity index (χ1v) is 13.5. The summed E-state index contributed by atoms with van der Waals surface area (Å²) < 4.78 is 26.6. The number of allylic oxidation sites excluding steroid dienone is 1. The predicted molar refractivity (Wildman–Crippen MR) is 161 cm³/mol. The number of hydrogen-bond acceptors (Lipinski definition) is 8. The van der Waals surface area contributed by atoms with Gasteiger partial charge in [0.25, 0.3) is 11.8 Å². The monoisotopic (exact) mass is 586 g/mol. The van der Waals surface area contributed by atoms with Gasteiger partial charge in [-0.05, 0) is 66.9 Å². The van der Waals surface area contributed by atoms with Crippen molar-refractivity contribution in [3.8, 4) is 23.0 Å². The van der Waals surface area contributed by atoms with E-state index in [1.54, 1.807) is 74.6 Å². The number of rotatable bonds is 12. The molecular weight excluding hydrogens is 552 g/mol. The summed E-state index contributed by atoms with van der Waals surface area (Å²) in [6.07, 6.45) is 2.18. The molecule has 0 spiro atoms. The largest absolute Gasteiger partial charge is 0.495 e. The molecule has 0 bridgehead atoms. The fourth-order valence-corrected chi connectivity index (χ4v) is 4.68.